The molecule has 1 aliphatic carbocycles. The molecule has 0 spiro atoms. The van der Waals surface area contributed by atoms with Crippen LogP contribution < -0.4 is 0 Å². The molecule has 0 unspecified atom stereocenters. The molecule has 0 amide bonds. The second kappa shape index (κ2) is 5.84. The van der Waals surface area contributed by atoms with Crippen LogP contribution in [-0.2, 0) is 6.54 Å². The van der Waals surface area contributed by atoms with E-state index >= 15 is 0 Å². The molecule has 1 saturated heterocycles. The van der Waals surface area contributed by atoms with Gasteiger partial charge >= 0.3 is 0 Å². The Bertz CT molecular complexity index is 639. The molecule has 4 nitrogen and oxygen atoms in total. The van der Waals surface area contributed by atoms with Gasteiger partial charge in [0.1, 0.15) is 0 Å². The van der Waals surface area contributed by atoms with Crippen molar-refractivity contribution in [1.82, 2.24) is 15.1 Å². The lowest BCUT2D eigenvalue weighted by atomic mass is 9.96. The third-order valence-electron chi connectivity index (χ3n) is 4.97. The van der Waals surface area contributed by atoms with Crippen molar-refractivity contribution in [3.8, 4) is 0 Å². The fourth-order valence-electron chi connectivity index (χ4n) is 3.27. The van der Waals surface area contributed by atoms with Gasteiger partial charge in [-0.2, -0.15) is 0 Å². The maximum Gasteiger partial charge on any atom is 0.219 e. The van der Waals surface area contributed by atoms with Crippen LogP contribution in [0.25, 0.3) is 0 Å². The van der Waals surface area contributed by atoms with Crippen molar-refractivity contribution in [3.63, 3.8) is 0 Å². The van der Waals surface area contributed by atoms with Crippen molar-refractivity contribution >= 4 is 0 Å². The molecule has 2 aliphatic rings. The van der Waals surface area contributed by atoms with E-state index in [0.717, 1.165) is 44.3 Å². The number of likely N-dealkylation sites (tertiary alicyclic amines) is 1. The molecule has 4 rings (SSSR count). The highest BCUT2D eigenvalue weighted by Gasteiger charge is 2.31. The van der Waals surface area contributed by atoms with Gasteiger partial charge in [-0.05, 0) is 56.8 Å². The van der Waals surface area contributed by atoms with Gasteiger partial charge in [0.05, 0.1) is 0 Å². The second-order valence-electron chi connectivity index (χ2n) is 6.73. The molecule has 2 heterocycles. The average Bonchev–Trinajstić information content (AvgIpc) is 3.28. The lowest BCUT2D eigenvalue weighted by Gasteiger charge is -2.30. The Morgan fingerprint density at radius 1 is 1.00 bits per heavy atom. The van der Waals surface area contributed by atoms with Crippen LogP contribution >= 0.6 is 0 Å². The minimum Gasteiger partial charge on any atom is -0.425 e. The van der Waals surface area contributed by atoms with Gasteiger partial charge < -0.3 is 4.42 Å². The fourth-order valence-corrected chi connectivity index (χ4v) is 3.27. The smallest absolute Gasteiger partial charge is 0.219 e. The number of benzene rings is 1. The van der Waals surface area contributed by atoms with Crippen LogP contribution in [0.1, 0.15) is 60.4 Å². The Morgan fingerprint density at radius 2 is 1.64 bits per heavy atom. The van der Waals surface area contributed by atoms with Crippen molar-refractivity contribution < 1.29 is 4.42 Å². The van der Waals surface area contributed by atoms with Gasteiger partial charge in [0, 0.05) is 18.4 Å². The quantitative estimate of drug-likeness (QED) is 0.864. The third-order valence-corrected chi connectivity index (χ3v) is 4.97. The Balaban J connectivity index is 1.34. The molecule has 0 N–H and O–H groups in total. The molecule has 0 radical (unpaired) electrons. The van der Waals surface area contributed by atoms with Crippen LogP contribution in [-0.4, -0.2) is 28.2 Å². The zero-order valence-corrected chi connectivity index (χ0v) is 13.2. The standard InChI is InChI=1S/C18H23N3O/c1-13-4-2-3-5-16(13)12-21-10-8-15(9-11-21)18-20-19-17(22-18)14-6-7-14/h2-5,14-15H,6-12H2,1H3. The minimum absolute atomic E-state index is 0.452. The molecule has 0 atom stereocenters. The number of aryl methyl sites for hydroxylation is 1. The highest BCUT2D eigenvalue weighted by Crippen LogP contribution is 2.40. The Labute approximate surface area is 131 Å². The average molecular weight is 297 g/mol. The summed E-state index contributed by atoms with van der Waals surface area (Å²) in [4.78, 5) is 2.54. The molecule has 1 aliphatic heterocycles. The second-order valence-corrected chi connectivity index (χ2v) is 6.73. The van der Waals surface area contributed by atoms with E-state index in [1.54, 1.807) is 0 Å². The summed E-state index contributed by atoms with van der Waals surface area (Å²) in [5.41, 5.74) is 2.82. The van der Waals surface area contributed by atoms with E-state index < -0.39 is 0 Å². The SMILES string of the molecule is Cc1ccccc1CN1CCC(c2nnc(C3CC3)o2)CC1. The Hall–Kier alpha value is -1.68. The van der Waals surface area contributed by atoms with Gasteiger partial charge in [-0.1, -0.05) is 24.3 Å². The summed E-state index contributed by atoms with van der Waals surface area (Å²) in [5.74, 6) is 2.75. The van der Waals surface area contributed by atoms with E-state index in [1.165, 1.54) is 24.0 Å². The summed E-state index contributed by atoms with van der Waals surface area (Å²) in [7, 11) is 0. The van der Waals surface area contributed by atoms with Gasteiger partial charge in [-0.25, -0.2) is 0 Å². The van der Waals surface area contributed by atoms with Crippen LogP contribution in [0.2, 0.25) is 0 Å². The maximum atomic E-state index is 5.88. The summed E-state index contributed by atoms with van der Waals surface area (Å²) >= 11 is 0. The first-order valence-corrected chi connectivity index (χ1v) is 8.40. The minimum atomic E-state index is 0.452. The van der Waals surface area contributed by atoms with Gasteiger partial charge in [0.15, 0.2) is 0 Å². The van der Waals surface area contributed by atoms with E-state index in [2.05, 4.69) is 46.3 Å². The maximum absolute atomic E-state index is 5.88. The van der Waals surface area contributed by atoms with Crippen molar-refractivity contribution in [3.05, 3.63) is 47.2 Å². The normalized spacial score (nSPS) is 20.4. The molecule has 22 heavy (non-hydrogen) atoms. The third kappa shape index (κ3) is 2.93. The molecular formula is C18H23N3O. The summed E-state index contributed by atoms with van der Waals surface area (Å²) in [6.45, 7) is 5.47. The van der Waals surface area contributed by atoms with Gasteiger partial charge in [0.2, 0.25) is 11.8 Å². The highest BCUT2D eigenvalue weighted by atomic mass is 16.4. The number of nitrogens with zero attached hydrogens (tertiary/aromatic N) is 3. The molecule has 2 fully saturated rings. The van der Waals surface area contributed by atoms with Crippen molar-refractivity contribution in [2.75, 3.05) is 13.1 Å². The molecule has 1 aromatic carbocycles. The first-order valence-electron chi connectivity index (χ1n) is 8.40. The number of aromatic nitrogens is 2. The largest absolute Gasteiger partial charge is 0.425 e. The Morgan fingerprint density at radius 3 is 2.27 bits per heavy atom. The monoisotopic (exact) mass is 297 g/mol. The van der Waals surface area contributed by atoms with Crippen molar-refractivity contribution in [1.29, 1.82) is 0 Å². The molecule has 0 bridgehead atoms. The molecule has 1 saturated carbocycles. The predicted octanol–water partition coefficient (Wildman–Crippen LogP) is 3.64. The lowest BCUT2D eigenvalue weighted by Crippen LogP contribution is -2.32. The number of hydrogen-bond donors (Lipinski definition) is 0. The molecule has 2 aromatic rings. The van der Waals surface area contributed by atoms with Gasteiger partial charge in [-0.15, -0.1) is 10.2 Å². The van der Waals surface area contributed by atoms with Crippen LogP contribution in [0.3, 0.4) is 0 Å². The topological polar surface area (TPSA) is 42.2 Å². The Kier molecular flexibility index (Phi) is 3.70. The zero-order valence-electron chi connectivity index (χ0n) is 13.2. The van der Waals surface area contributed by atoms with E-state index in [9.17, 15) is 0 Å². The molecule has 1 aromatic heterocycles. The molecule has 116 valence electrons. The van der Waals surface area contributed by atoms with E-state index in [-0.39, 0.29) is 0 Å². The van der Waals surface area contributed by atoms with Crippen LogP contribution in [0.4, 0.5) is 0 Å². The zero-order chi connectivity index (χ0) is 14.9. The molecule has 4 heteroatoms. The van der Waals surface area contributed by atoms with Crippen LogP contribution in [0.5, 0.6) is 0 Å². The van der Waals surface area contributed by atoms with E-state index in [0.29, 0.717) is 11.8 Å². The number of hydrogen-bond acceptors (Lipinski definition) is 4. The highest BCUT2D eigenvalue weighted by molar-refractivity contribution is 5.25. The van der Waals surface area contributed by atoms with E-state index in [4.69, 9.17) is 4.42 Å². The summed E-state index contributed by atoms with van der Waals surface area (Å²) in [6.07, 6.45) is 4.68. The van der Waals surface area contributed by atoms with E-state index in [1.807, 2.05) is 0 Å². The van der Waals surface area contributed by atoms with Crippen LogP contribution in [0, 0.1) is 6.92 Å². The number of piperidine rings is 1. The first kappa shape index (κ1) is 13.9. The summed E-state index contributed by atoms with van der Waals surface area (Å²) in [5, 5.41) is 8.51. The van der Waals surface area contributed by atoms with Gasteiger partial charge in [-0.3, -0.25) is 4.90 Å². The fraction of sp³-hybridized carbons (Fsp3) is 0.556. The first-order chi connectivity index (χ1) is 10.8. The summed E-state index contributed by atoms with van der Waals surface area (Å²) in [6, 6.07) is 8.67. The predicted molar refractivity (Wildman–Crippen MR) is 84.7 cm³/mol. The van der Waals surface area contributed by atoms with Gasteiger partial charge in [0.25, 0.3) is 0 Å². The lowest BCUT2D eigenvalue weighted by molar-refractivity contribution is 0.191. The summed E-state index contributed by atoms with van der Waals surface area (Å²) < 4.78 is 5.88. The van der Waals surface area contributed by atoms with Crippen LogP contribution in [0.15, 0.2) is 28.7 Å². The van der Waals surface area contributed by atoms with Crippen molar-refractivity contribution in [2.45, 2.75) is 51.0 Å². The van der Waals surface area contributed by atoms with Crippen molar-refractivity contribution in [2.24, 2.45) is 0 Å². The molecular weight excluding hydrogens is 274 g/mol. The number of rotatable bonds is 4.